The van der Waals surface area contributed by atoms with Gasteiger partial charge in [0.05, 0.1) is 16.5 Å². The van der Waals surface area contributed by atoms with Gasteiger partial charge in [-0.15, -0.1) is 0 Å². The van der Waals surface area contributed by atoms with Crippen molar-refractivity contribution in [1.29, 1.82) is 0 Å². The van der Waals surface area contributed by atoms with Crippen LogP contribution in [0.4, 0.5) is 4.39 Å². The summed E-state index contributed by atoms with van der Waals surface area (Å²) in [6.07, 6.45) is 0. The smallest absolute Gasteiger partial charge is 0.243 e. The maximum absolute atomic E-state index is 13.6. The number of hydrogen-bond donors (Lipinski definition) is 1. The van der Waals surface area contributed by atoms with Gasteiger partial charge in [0, 0.05) is 30.2 Å². The minimum Gasteiger partial charge on any atom is -0.392 e. The molecule has 4 nitrogen and oxygen atoms in total. The molecule has 1 heterocycles. The van der Waals surface area contributed by atoms with Crippen molar-refractivity contribution in [2.45, 2.75) is 11.5 Å². The van der Waals surface area contributed by atoms with E-state index in [9.17, 15) is 12.8 Å². The molecule has 0 atom stereocenters. The first kappa shape index (κ1) is 15.1. The number of aliphatic hydroxyl groups is 1. The fraction of sp³-hybridized carbons (Fsp3) is 0.455. The lowest BCUT2D eigenvalue weighted by atomic mass is 10.2. The molecule has 0 unspecified atom stereocenters. The summed E-state index contributed by atoms with van der Waals surface area (Å²) in [6.45, 7) is 0.312. The quantitative estimate of drug-likeness (QED) is 0.919. The summed E-state index contributed by atoms with van der Waals surface area (Å²) in [6, 6.07) is 2.13. The van der Waals surface area contributed by atoms with E-state index in [1.807, 2.05) is 0 Å². The van der Waals surface area contributed by atoms with E-state index in [1.54, 1.807) is 11.8 Å². The molecule has 0 spiro atoms. The summed E-state index contributed by atoms with van der Waals surface area (Å²) in [5.41, 5.74) is 0.0756. The Hall–Kier alpha value is -0.340. The number of sulfonamides is 1. The van der Waals surface area contributed by atoms with Gasteiger partial charge in [0.25, 0.3) is 0 Å². The van der Waals surface area contributed by atoms with Crippen molar-refractivity contribution in [3.8, 4) is 0 Å². The first-order valence-corrected chi connectivity index (χ1v) is 8.61. The predicted octanol–water partition coefficient (Wildman–Crippen LogP) is 1.71. The third-order valence-corrected chi connectivity index (χ3v) is 6.10. The van der Waals surface area contributed by atoms with Crippen LogP contribution in [0.15, 0.2) is 17.0 Å². The van der Waals surface area contributed by atoms with Gasteiger partial charge >= 0.3 is 0 Å². The van der Waals surface area contributed by atoms with Crippen molar-refractivity contribution in [2.75, 3.05) is 24.6 Å². The number of thioether (sulfide) groups is 1. The standard InChI is InChI=1S/C11H13ClFNO3S2/c12-11-8(7-15)5-9(6-10(11)13)19(16,17)14-1-3-18-4-2-14/h5-6,15H,1-4,7H2. The van der Waals surface area contributed by atoms with Crippen molar-refractivity contribution >= 4 is 33.4 Å². The molecule has 1 N–H and O–H groups in total. The summed E-state index contributed by atoms with van der Waals surface area (Å²) in [5, 5.41) is 8.84. The molecule has 106 valence electrons. The number of benzene rings is 1. The second-order valence-corrected chi connectivity index (χ2v) is 7.59. The molecule has 8 heteroatoms. The minimum absolute atomic E-state index is 0.0756. The molecule has 1 fully saturated rings. The summed E-state index contributed by atoms with van der Waals surface area (Å²) < 4.78 is 39.6. The molecule has 1 aliphatic heterocycles. The Balaban J connectivity index is 2.42. The molecule has 2 rings (SSSR count). The van der Waals surface area contributed by atoms with E-state index in [0.29, 0.717) is 13.1 Å². The topological polar surface area (TPSA) is 57.6 Å². The number of aliphatic hydroxyl groups excluding tert-OH is 1. The molecule has 0 amide bonds. The number of halogens is 2. The molecule has 0 saturated carbocycles. The fourth-order valence-corrected chi connectivity index (χ4v) is 4.63. The van der Waals surface area contributed by atoms with Crippen LogP contribution in [0, 0.1) is 5.82 Å². The average molecular weight is 326 g/mol. The summed E-state index contributed by atoms with van der Waals surface area (Å²) in [7, 11) is -3.72. The lowest BCUT2D eigenvalue weighted by molar-refractivity contribution is 0.281. The fourth-order valence-electron chi connectivity index (χ4n) is 1.82. The van der Waals surface area contributed by atoms with Crippen LogP contribution in [-0.4, -0.2) is 42.4 Å². The van der Waals surface area contributed by atoms with E-state index in [1.165, 1.54) is 10.4 Å². The molecule has 19 heavy (non-hydrogen) atoms. The van der Waals surface area contributed by atoms with Crippen molar-refractivity contribution in [3.05, 3.63) is 28.5 Å². The van der Waals surface area contributed by atoms with Crippen LogP contribution in [-0.2, 0) is 16.6 Å². The monoisotopic (exact) mass is 325 g/mol. The van der Waals surface area contributed by atoms with Crippen LogP contribution in [0.2, 0.25) is 5.02 Å². The molecule has 0 bridgehead atoms. The van der Waals surface area contributed by atoms with Crippen molar-refractivity contribution in [2.24, 2.45) is 0 Å². The number of nitrogens with zero attached hydrogens (tertiary/aromatic N) is 1. The van der Waals surface area contributed by atoms with Gasteiger partial charge in [-0.05, 0) is 12.1 Å². The Morgan fingerprint density at radius 2 is 2.00 bits per heavy atom. The van der Waals surface area contributed by atoms with Gasteiger partial charge in [-0.25, -0.2) is 12.8 Å². The molecule has 1 aromatic carbocycles. The molecule has 1 aliphatic rings. The highest BCUT2D eigenvalue weighted by atomic mass is 35.5. The Morgan fingerprint density at radius 3 is 2.58 bits per heavy atom. The van der Waals surface area contributed by atoms with Gasteiger partial charge in [-0.3, -0.25) is 0 Å². The highest BCUT2D eigenvalue weighted by molar-refractivity contribution is 7.99. The molecule has 1 aromatic rings. The third kappa shape index (κ3) is 3.05. The van der Waals surface area contributed by atoms with Gasteiger partial charge in [-0.2, -0.15) is 16.1 Å². The van der Waals surface area contributed by atoms with E-state index in [0.717, 1.165) is 17.6 Å². The summed E-state index contributed by atoms with van der Waals surface area (Å²) in [4.78, 5) is -0.162. The van der Waals surface area contributed by atoms with Crippen LogP contribution in [0.5, 0.6) is 0 Å². The van der Waals surface area contributed by atoms with Gasteiger partial charge in [0.15, 0.2) is 0 Å². The largest absolute Gasteiger partial charge is 0.392 e. The Labute approximate surface area is 120 Å². The molecular formula is C11H13ClFNO3S2. The second-order valence-electron chi connectivity index (χ2n) is 4.05. The number of hydrogen-bond acceptors (Lipinski definition) is 4. The second kappa shape index (κ2) is 5.97. The Bertz CT molecular complexity index is 574. The third-order valence-electron chi connectivity index (χ3n) is 2.86. The first-order valence-electron chi connectivity index (χ1n) is 5.63. The van der Waals surface area contributed by atoms with Crippen LogP contribution < -0.4 is 0 Å². The van der Waals surface area contributed by atoms with Gasteiger partial charge < -0.3 is 5.11 Å². The van der Waals surface area contributed by atoms with Crippen LogP contribution in [0.1, 0.15) is 5.56 Å². The minimum atomic E-state index is -3.72. The van der Waals surface area contributed by atoms with Gasteiger partial charge in [-0.1, -0.05) is 11.6 Å². The van der Waals surface area contributed by atoms with Crippen molar-refractivity contribution in [3.63, 3.8) is 0 Å². The zero-order valence-electron chi connectivity index (χ0n) is 9.97. The van der Waals surface area contributed by atoms with Gasteiger partial charge in [0.1, 0.15) is 5.82 Å². The zero-order chi connectivity index (χ0) is 14.0. The maximum Gasteiger partial charge on any atom is 0.243 e. The zero-order valence-corrected chi connectivity index (χ0v) is 12.4. The highest BCUT2D eigenvalue weighted by Crippen LogP contribution is 2.27. The molecule has 0 aromatic heterocycles. The predicted molar refractivity (Wildman–Crippen MR) is 73.4 cm³/mol. The van der Waals surface area contributed by atoms with Gasteiger partial charge in [0.2, 0.25) is 10.0 Å². The first-order chi connectivity index (χ1) is 8.96. The molecule has 1 saturated heterocycles. The van der Waals surface area contributed by atoms with Crippen LogP contribution >= 0.6 is 23.4 Å². The van der Waals surface area contributed by atoms with E-state index in [-0.39, 0.29) is 15.5 Å². The van der Waals surface area contributed by atoms with Crippen LogP contribution in [0.25, 0.3) is 0 Å². The highest BCUT2D eigenvalue weighted by Gasteiger charge is 2.27. The van der Waals surface area contributed by atoms with E-state index < -0.39 is 22.4 Å². The summed E-state index contributed by atoms with van der Waals surface area (Å²) >= 11 is 7.34. The SMILES string of the molecule is O=S(=O)(c1cc(F)c(Cl)c(CO)c1)N1CCSCC1. The summed E-state index contributed by atoms with van der Waals surface area (Å²) in [5.74, 6) is 0.614. The molecule has 0 aliphatic carbocycles. The lowest BCUT2D eigenvalue weighted by Gasteiger charge is -2.25. The van der Waals surface area contributed by atoms with E-state index in [4.69, 9.17) is 16.7 Å². The lowest BCUT2D eigenvalue weighted by Crippen LogP contribution is -2.37. The average Bonchev–Trinajstić information content (AvgIpc) is 2.42. The van der Waals surface area contributed by atoms with Crippen molar-refractivity contribution < 1.29 is 17.9 Å². The Kier molecular flexibility index (Phi) is 4.73. The van der Waals surface area contributed by atoms with Crippen LogP contribution in [0.3, 0.4) is 0 Å². The Morgan fingerprint density at radius 1 is 1.37 bits per heavy atom. The molecular weight excluding hydrogens is 313 g/mol. The normalized spacial score (nSPS) is 17.6. The maximum atomic E-state index is 13.6. The number of rotatable bonds is 3. The molecule has 0 radical (unpaired) electrons. The van der Waals surface area contributed by atoms with E-state index >= 15 is 0 Å². The van der Waals surface area contributed by atoms with E-state index in [2.05, 4.69) is 0 Å². The van der Waals surface area contributed by atoms with Crippen molar-refractivity contribution in [1.82, 2.24) is 4.31 Å².